The first kappa shape index (κ1) is 15.0. The van der Waals surface area contributed by atoms with E-state index in [4.69, 9.17) is 4.74 Å². The van der Waals surface area contributed by atoms with E-state index < -0.39 is 0 Å². The van der Waals surface area contributed by atoms with Crippen molar-refractivity contribution in [2.45, 2.75) is 65.8 Å². The Bertz CT molecular complexity index is 209. The van der Waals surface area contributed by atoms with Crippen molar-refractivity contribution in [3.8, 4) is 0 Å². The van der Waals surface area contributed by atoms with Crippen LogP contribution in [0.5, 0.6) is 0 Å². The lowest BCUT2D eigenvalue weighted by atomic mass is 9.67. The van der Waals surface area contributed by atoms with Gasteiger partial charge in [-0.25, -0.2) is 0 Å². The molecule has 0 aliphatic carbocycles. The zero-order valence-electron chi connectivity index (χ0n) is 12.4. The third-order valence-electron chi connectivity index (χ3n) is 4.31. The largest absolute Gasteiger partial charge is 0.381 e. The zero-order valence-corrected chi connectivity index (χ0v) is 12.4. The predicted octanol–water partition coefficient (Wildman–Crippen LogP) is 3.61. The molecule has 0 aromatic carbocycles. The molecule has 102 valence electrons. The molecule has 1 aliphatic heterocycles. The highest BCUT2D eigenvalue weighted by molar-refractivity contribution is 4.91. The Balaban J connectivity index is 2.70. The molecule has 1 saturated heterocycles. The predicted molar refractivity (Wildman–Crippen MR) is 74.3 cm³/mol. The maximum atomic E-state index is 5.57. The maximum absolute atomic E-state index is 5.57. The Labute approximate surface area is 108 Å². The first-order valence-electron chi connectivity index (χ1n) is 7.26. The molecule has 1 aliphatic rings. The van der Waals surface area contributed by atoms with Crippen LogP contribution in [0.1, 0.15) is 60.3 Å². The number of hydrogen-bond donors (Lipinski definition) is 1. The van der Waals surface area contributed by atoms with Gasteiger partial charge in [0.1, 0.15) is 0 Å². The normalized spacial score (nSPS) is 20.8. The fourth-order valence-corrected chi connectivity index (χ4v) is 3.10. The summed E-state index contributed by atoms with van der Waals surface area (Å²) in [5.41, 5.74) is 0.687. The lowest BCUT2D eigenvalue weighted by Crippen LogP contribution is -2.49. The molecule has 0 unspecified atom stereocenters. The molecule has 2 nitrogen and oxygen atoms in total. The van der Waals surface area contributed by atoms with Crippen molar-refractivity contribution < 1.29 is 4.74 Å². The highest BCUT2D eigenvalue weighted by Gasteiger charge is 2.38. The van der Waals surface area contributed by atoms with E-state index >= 15 is 0 Å². The van der Waals surface area contributed by atoms with Crippen molar-refractivity contribution in [1.82, 2.24) is 5.32 Å². The van der Waals surface area contributed by atoms with Crippen LogP contribution in [0.15, 0.2) is 0 Å². The van der Waals surface area contributed by atoms with Gasteiger partial charge in [0.05, 0.1) is 0 Å². The zero-order chi connectivity index (χ0) is 12.9. The topological polar surface area (TPSA) is 21.3 Å². The van der Waals surface area contributed by atoms with Gasteiger partial charge in [-0.15, -0.1) is 0 Å². The molecule has 0 bridgehead atoms. The average Bonchev–Trinajstić information content (AvgIpc) is 2.29. The molecule has 0 radical (unpaired) electrons. The summed E-state index contributed by atoms with van der Waals surface area (Å²) in [6.07, 6.45) is 5.04. The Morgan fingerprint density at radius 1 is 1.12 bits per heavy atom. The molecule has 1 rings (SSSR count). The van der Waals surface area contributed by atoms with E-state index in [9.17, 15) is 0 Å². The van der Waals surface area contributed by atoms with Crippen LogP contribution in [0.25, 0.3) is 0 Å². The van der Waals surface area contributed by atoms with Gasteiger partial charge in [-0.05, 0) is 44.9 Å². The van der Waals surface area contributed by atoms with Crippen molar-refractivity contribution in [2.75, 3.05) is 19.8 Å². The second kappa shape index (κ2) is 6.19. The molecule has 0 amide bonds. The van der Waals surface area contributed by atoms with Crippen LogP contribution in [-0.4, -0.2) is 25.3 Å². The van der Waals surface area contributed by atoms with E-state index in [1.54, 1.807) is 0 Å². The van der Waals surface area contributed by atoms with Crippen molar-refractivity contribution in [3.63, 3.8) is 0 Å². The molecule has 2 heteroatoms. The van der Waals surface area contributed by atoms with Gasteiger partial charge in [-0.1, -0.05) is 26.7 Å². The summed E-state index contributed by atoms with van der Waals surface area (Å²) in [7, 11) is 0. The first-order chi connectivity index (χ1) is 7.93. The molecular weight excluding hydrogens is 210 g/mol. The number of rotatable bonds is 5. The summed E-state index contributed by atoms with van der Waals surface area (Å²) < 4.78 is 5.57. The van der Waals surface area contributed by atoms with Crippen LogP contribution >= 0.6 is 0 Å². The van der Waals surface area contributed by atoms with Crippen LogP contribution < -0.4 is 5.32 Å². The molecular formula is C15H31NO. The van der Waals surface area contributed by atoms with Crippen molar-refractivity contribution >= 4 is 0 Å². The molecule has 1 fully saturated rings. The number of ether oxygens (including phenoxy) is 1. The van der Waals surface area contributed by atoms with E-state index in [-0.39, 0.29) is 5.54 Å². The lowest BCUT2D eigenvalue weighted by Gasteiger charge is -2.45. The van der Waals surface area contributed by atoms with Gasteiger partial charge in [0.15, 0.2) is 0 Å². The SMILES string of the molecule is CCC(CC)C1(CNC(C)(C)C)CCOCC1. The minimum absolute atomic E-state index is 0.220. The van der Waals surface area contributed by atoms with Gasteiger partial charge in [0.25, 0.3) is 0 Å². The molecule has 1 N–H and O–H groups in total. The number of nitrogens with one attached hydrogen (secondary N) is 1. The molecule has 0 atom stereocenters. The van der Waals surface area contributed by atoms with E-state index in [1.807, 2.05) is 0 Å². The van der Waals surface area contributed by atoms with Crippen LogP contribution in [0.4, 0.5) is 0 Å². The van der Waals surface area contributed by atoms with Gasteiger partial charge in [-0.2, -0.15) is 0 Å². The fraction of sp³-hybridized carbons (Fsp3) is 1.00. The van der Waals surface area contributed by atoms with Gasteiger partial charge < -0.3 is 10.1 Å². The Kier molecular flexibility index (Phi) is 5.46. The summed E-state index contributed by atoms with van der Waals surface area (Å²) >= 11 is 0. The molecule has 0 aromatic rings. The molecule has 0 saturated carbocycles. The van der Waals surface area contributed by atoms with Gasteiger partial charge in [0, 0.05) is 25.3 Å². The molecule has 1 heterocycles. The van der Waals surface area contributed by atoms with Gasteiger partial charge in [0.2, 0.25) is 0 Å². The average molecular weight is 241 g/mol. The maximum Gasteiger partial charge on any atom is 0.0471 e. The van der Waals surface area contributed by atoms with Gasteiger partial charge >= 0.3 is 0 Å². The van der Waals surface area contributed by atoms with Gasteiger partial charge in [-0.3, -0.25) is 0 Å². The first-order valence-corrected chi connectivity index (χ1v) is 7.26. The van der Waals surface area contributed by atoms with Crippen molar-refractivity contribution in [3.05, 3.63) is 0 Å². The summed E-state index contributed by atoms with van der Waals surface area (Å²) in [6.45, 7) is 14.5. The van der Waals surface area contributed by atoms with Crippen molar-refractivity contribution in [2.24, 2.45) is 11.3 Å². The minimum atomic E-state index is 0.220. The molecule has 17 heavy (non-hydrogen) atoms. The monoisotopic (exact) mass is 241 g/mol. The lowest BCUT2D eigenvalue weighted by molar-refractivity contribution is -0.0234. The van der Waals surface area contributed by atoms with E-state index in [1.165, 1.54) is 25.7 Å². The summed E-state index contributed by atoms with van der Waals surface area (Å²) in [5, 5.41) is 3.73. The summed E-state index contributed by atoms with van der Waals surface area (Å²) in [5.74, 6) is 0.834. The summed E-state index contributed by atoms with van der Waals surface area (Å²) in [4.78, 5) is 0. The second-order valence-electron chi connectivity index (χ2n) is 6.59. The van der Waals surface area contributed by atoms with Crippen LogP contribution in [0, 0.1) is 11.3 Å². The molecule has 0 aromatic heterocycles. The Morgan fingerprint density at radius 3 is 2.06 bits per heavy atom. The third-order valence-corrected chi connectivity index (χ3v) is 4.31. The van der Waals surface area contributed by atoms with Crippen molar-refractivity contribution in [1.29, 1.82) is 0 Å². The standard InChI is InChI=1S/C15H31NO/c1-6-13(7-2)15(8-10-17-11-9-15)12-16-14(3,4)5/h13,16H,6-12H2,1-5H3. The van der Waals surface area contributed by atoms with E-state index in [0.29, 0.717) is 5.41 Å². The minimum Gasteiger partial charge on any atom is -0.381 e. The highest BCUT2D eigenvalue weighted by Crippen LogP contribution is 2.41. The smallest absolute Gasteiger partial charge is 0.0471 e. The quantitative estimate of drug-likeness (QED) is 0.794. The van der Waals surface area contributed by atoms with E-state index in [2.05, 4.69) is 39.9 Å². The fourth-order valence-electron chi connectivity index (χ4n) is 3.10. The number of hydrogen-bond acceptors (Lipinski definition) is 2. The van der Waals surface area contributed by atoms with Crippen LogP contribution in [0.2, 0.25) is 0 Å². The highest BCUT2D eigenvalue weighted by atomic mass is 16.5. The Hall–Kier alpha value is -0.0800. The Morgan fingerprint density at radius 2 is 1.65 bits per heavy atom. The van der Waals surface area contributed by atoms with Crippen LogP contribution in [-0.2, 0) is 4.74 Å². The van der Waals surface area contributed by atoms with Crippen LogP contribution in [0.3, 0.4) is 0 Å². The molecule has 0 spiro atoms. The second-order valence-corrected chi connectivity index (χ2v) is 6.59. The van der Waals surface area contributed by atoms with E-state index in [0.717, 1.165) is 25.7 Å². The summed E-state index contributed by atoms with van der Waals surface area (Å²) in [6, 6.07) is 0. The third kappa shape index (κ3) is 4.26.